The maximum absolute atomic E-state index is 12.8. The Morgan fingerprint density at radius 2 is 1.87 bits per heavy atom. The fourth-order valence-corrected chi connectivity index (χ4v) is 4.18. The number of benzene rings is 1. The standard InChI is InChI=1S/C24H33N5O2/c1-19-17-28(10-9-25-19)18-20-3-6-22(7-4-20)27(2)24(30)15-21-5-8-23(26-16-21)29-11-13-31-14-12-29/h3-8,16,19,25H,9-15,17-18H2,1-2H3/t19-/m0/s1. The van der Waals surface area contributed by atoms with Gasteiger partial charge in [0.05, 0.1) is 19.6 Å². The van der Waals surface area contributed by atoms with E-state index in [9.17, 15) is 4.79 Å². The first-order valence-corrected chi connectivity index (χ1v) is 11.2. The Balaban J connectivity index is 1.31. The molecule has 0 radical (unpaired) electrons. The van der Waals surface area contributed by atoms with Crippen LogP contribution in [0.5, 0.6) is 0 Å². The van der Waals surface area contributed by atoms with Gasteiger partial charge in [-0.25, -0.2) is 4.98 Å². The Bertz CT molecular complexity index is 849. The van der Waals surface area contributed by atoms with Gasteiger partial charge in [0.2, 0.25) is 5.91 Å². The lowest BCUT2D eigenvalue weighted by Crippen LogP contribution is -2.48. The van der Waals surface area contributed by atoms with Crippen LogP contribution in [0.4, 0.5) is 11.5 Å². The quantitative estimate of drug-likeness (QED) is 0.766. The number of hydrogen-bond donors (Lipinski definition) is 1. The van der Waals surface area contributed by atoms with Crippen LogP contribution in [0.2, 0.25) is 0 Å². The third-order valence-electron chi connectivity index (χ3n) is 6.06. The van der Waals surface area contributed by atoms with Crippen molar-refractivity contribution in [3.8, 4) is 0 Å². The highest BCUT2D eigenvalue weighted by Crippen LogP contribution is 2.18. The number of anilines is 2. The van der Waals surface area contributed by atoms with E-state index in [0.29, 0.717) is 12.5 Å². The molecular formula is C24H33N5O2. The van der Waals surface area contributed by atoms with Crippen LogP contribution < -0.4 is 15.1 Å². The molecule has 1 N–H and O–H groups in total. The van der Waals surface area contributed by atoms with E-state index in [2.05, 4.69) is 39.2 Å². The Kier molecular flexibility index (Phi) is 7.17. The van der Waals surface area contributed by atoms with Crippen LogP contribution in [-0.4, -0.2) is 74.8 Å². The molecule has 2 aromatic rings. The summed E-state index contributed by atoms with van der Waals surface area (Å²) in [5, 5.41) is 3.48. The van der Waals surface area contributed by atoms with Crippen LogP contribution in [0.15, 0.2) is 42.6 Å². The van der Waals surface area contributed by atoms with E-state index in [-0.39, 0.29) is 5.91 Å². The third-order valence-corrected chi connectivity index (χ3v) is 6.06. The number of amides is 1. The largest absolute Gasteiger partial charge is 0.378 e. The second kappa shape index (κ2) is 10.2. The molecule has 1 atom stereocenters. The van der Waals surface area contributed by atoms with Gasteiger partial charge in [-0.3, -0.25) is 9.69 Å². The van der Waals surface area contributed by atoms with E-state index >= 15 is 0 Å². The molecule has 7 nitrogen and oxygen atoms in total. The minimum absolute atomic E-state index is 0.0598. The van der Waals surface area contributed by atoms with E-state index in [4.69, 9.17) is 4.74 Å². The molecule has 2 aliphatic heterocycles. The molecule has 0 aliphatic carbocycles. The Labute approximate surface area is 185 Å². The summed E-state index contributed by atoms with van der Waals surface area (Å²) in [6.45, 7) is 9.54. The molecule has 31 heavy (non-hydrogen) atoms. The SMILES string of the molecule is C[C@H]1CN(Cc2ccc(N(C)C(=O)Cc3ccc(N4CCOCC4)nc3)cc2)CCN1. The van der Waals surface area contributed by atoms with Gasteiger partial charge in [0.25, 0.3) is 0 Å². The average Bonchev–Trinajstić information content (AvgIpc) is 2.80. The van der Waals surface area contributed by atoms with Crippen LogP contribution in [0.3, 0.4) is 0 Å². The van der Waals surface area contributed by atoms with E-state index in [0.717, 1.165) is 69.6 Å². The van der Waals surface area contributed by atoms with Crippen molar-refractivity contribution in [2.75, 3.05) is 62.8 Å². The molecule has 0 saturated carbocycles. The molecule has 2 fully saturated rings. The van der Waals surface area contributed by atoms with E-state index in [1.54, 1.807) is 4.90 Å². The fraction of sp³-hybridized carbons (Fsp3) is 0.500. The highest BCUT2D eigenvalue weighted by Gasteiger charge is 2.17. The topological polar surface area (TPSA) is 60.9 Å². The lowest BCUT2D eigenvalue weighted by atomic mass is 10.1. The van der Waals surface area contributed by atoms with Crippen molar-refractivity contribution >= 4 is 17.4 Å². The number of carbonyl (C=O) groups excluding carboxylic acids is 1. The van der Waals surface area contributed by atoms with Crippen LogP contribution in [0, 0.1) is 0 Å². The fourth-order valence-electron chi connectivity index (χ4n) is 4.18. The molecule has 1 aromatic carbocycles. The molecule has 7 heteroatoms. The first-order chi connectivity index (χ1) is 15.1. The minimum Gasteiger partial charge on any atom is -0.378 e. The van der Waals surface area contributed by atoms with Gasteiger partial charge in [0.1, 0.15) is 5.82 Å². The molecule has 0 unspecified atom stereocenters. The lowest BCUT2D eigenvalue weighted by Gasteiger charge is -2.31. The maximum Gasteiger partial charge on any atom is 0.231 e. The van der Waals surface area contributed by atoms with Crippen molar-refractivity contribution in [3.63, 3.8) is 0 Å². The van der Waals surface area contributed by atoms with E-state index in [1.807, 2.05) is 37.5 Å². The monoisotopic (exact) mass is 423 g/mol. The molecule has 0 bridgehead atoms. The summed E-state index contributed by atoms with van der Waals surface area (Å²) in [6.07, 6.45) is 2.15. The molecule has 3 heterocycles. The highest BCUT2D eigenvalue weighted by molar-refractivity contribution is 5.94. The molecular weight excluding hydrogens is 390 g/mol. The van der Waals surface area contributed by atoms with Gasteiger partial charge in [0, 0.05) is 64.2 Å². The van der Waals surface area contributed by atoms with Crippen LogP contribution in [-0.2, 0) is 22.5 Å². The van der Waals surface area contributed by atoms with Gasteiger partial charge in [-0.1, -0.05) is 18.2 Å². The van der Waals surface area contributed by atoms with E-state index < -0.39 is 0 Å². The van der Waals surface area contributed by atoms with Gasteiger partial charge in [-0.15, -0.1) is 0 Å². The number of nitrogens with zero attached hydrogens (tertiary/aromatic N) is 4. The molecule has 2 aliphatic rings. The molecule has 1 amide bonds. The van der Waals surface area contributed by atoms with Crippen LogP contribution >= 0.6 is 0 Å². The summed E-state index contributed by atoms with van der Waals surface area (Å²) in [6, 6.07) is 12.9. The number of carbonyl (C=O) groups is 1. The van der Waals surface area contributed by atoms with Crippen LogP contribution in [0.1, 0.15) is 18.1 Å². The molecule has 0 spiro atoms. The summed E-state index contributed by atoms with van der Waals surface area (Å²) in [7, 11) is 1.84. The zero-order valence-corrected chi connectivity index (χ0v) is 18.6. The van der Waals surface area contributed by atoms with Crippen molar-refractivity contribution in [3.05, 3.63) is 53.7 Å². The predicted molar refractivity (Wildman–Crippen MR) is 124 cm³/mol. The predicted octanol–water partition coefficient (Wildman–Crippen LogP) is 1.92. The van der Waals surface area contributed by atoms with Crippen LogP contribution in [0.25, 0.3) is 0 Å². The number of hydrogen-bond acceptors (Lipinski definition) is 6. The molecule has 1 aromatic heterocycles. The van der Waals surface area contributed by atoms with Crippen molar-refractivity contribution in [2.45, 2.75) is 25.9 Å². The Hall–Kier alpha value is -2.48. The summed E-state index contributed by atoms with van der Waals surface area (Å²) in [5.74, 6) is 1.01. The zero-order chi connectivity index (χ0) is 21.6. The van der Waals surface area contributed by atoms with Gasteiger partial charge >= 0.3 is 0 Å². The van der Waals surface area contributed by atoms with Crippen molar-refractivity contribution in [1.29, 1.82) is 0 Å². The second-order valence-electron chi connectivity index (χ2n) is 8.51. The van der Waals surface area contributed by atoms with Gasteiger partial charge < -0.3 is 19.9 Å². The second-order valence-corrected chi connectivity index (χ2v) is 8.51. The normalized spacial score (nSPS) is 19.9. The molecule has 166 valence electrons. The summed E-state index contributed by atoms with van der Waals surface area (Å²) in [4.78, 5) is 23.8. The number of piperazine rings is 1. The van der Waals surface area contributed by atoms with Gasteiger partial charge in [-0.05, 0) is 36.2 Å². The van der Waals surface area contributed by atoms with Crippen molar-refractivity contribution in [1.82, 2.24) is 15.2 Å². The lowest BCUT2D eigenvalue weighted by molar-refractivity contribution is -0.117. The Morgan fingerprint density at radius 3 is 2.55 bits per heavy atom. The maximum atomic E-state index is 12.8. The van der Waals surface area contributed by atoms with Crippen molar-refractivity contribution < 1.29 is 9.53 Å². The average molecular weight is 424 g/mol. The zero-order valence-electron chi connectivity index (χ0n) is 18.6. The highest BCUT2D eigenvalue weighted by atomic mass is 16.5. The Morgan fingerprint density at radius 1 is 1.13 bits per heavy atom. The smallest absolute Gasteiger partial charge is 0.231 e. The van der Waals surface area contributed by atoms with Gasteiger partial charge in [0.15, 0.2) is 0 Å². The number of aromatic nitrogens is 1. The van der Waals surface area contributed by atoms with Crippen molar-refractivity contribution in [2.24, 2.45) is 0 Å². The number of ether oxygens (including phenoxy) is 1. The number of morpholine rings is 1. The number of likely N-dealkylation sites (N-methyl/N-ethyl adjacent to an activating group) is 1. The minimum atomic E-state index is 0.0598. The summed E-state index contributed by atoms with van der Waals surface area (Å²) in [5.41, 5.74) is 3.13. The first kappa shape index (κ1) is 21.7. The summed E-state index contributed by atoms with van der Waals surface area (Å²) < 4.78 is 5.39. The number of nitrogens with one attached hydrogen (secondary N) is 1. The molecule has 2 saturated heterocycles. The number of pyridine rings is 1. The first-order valence-electron chi connectivity index (χ1n) is 11.2. The third kappa shape index (κ3) is 5.81. The number of rotatable bonds is 6. The van der Waals surface area contributed by atoms with Gasteiger partial charge in [-0.2, -0.15) is 0 Å². The van der Waals surface area contributed by atoms with E-state index in [1.165, 1.54) is 5.56 Å². The summed E-state index contributed by atoms with van der Waals surface area (Å²) >= 11 is 0. The molecule has 4 rings (SSSR count).